The van der Waals surface area contributed by atoms with Gasteiger partial charge < -0.3 is 9.55 Å². The summed E-state index contributed by atoms with van der Waals surface area (Å²) in [7, 11) is -3.78. The summed E-state index contributed by atoms with van der Waals surface area (Å²) in [5.74, 6) is 0.683. The van der Waals surface area contributed by atoms with E-state index in [0.717, 1.165) is 0 Å². The minimum Gasteiger partial charge on any atom is -0.366 e. The highest BCUT2D eigenvalue weighted by atomic mass is 32.2. The molecule has 1 N–H and O–H groups in total. The van der Waals surface area contributed by atoms with E-state index in [2.05, 4.69) is 9.97 Å². The van der Waals surface area contributed by atoms with Gasteiger partial charge in [0.05, 0.1) is 6.54 Å². The van der Waals surface area contributed by atoms with Crippen molar-refractivity contribution in [3.05, 3.63) is 46.9 Å². The first-order chi connectivity index (χ1) is 9.09. The molecule has 7 nitrogen and oxygen atoms in total. The van der Waals surface area contributed by atoms with Crippen LogP contribution in [0, 0.1) is 0 Å². The predicted molar refractivity (Wildman–Crippen MR) is 66.9 cm³/mol. The average Bonchev–Trinajstić information content (AvgIpc) is 2.86. The highest BCUT2D eigenvalue weighted by Gasteiger charge is 2.30. The second-order valence-electron chi connectivity index (χ2n) is 4.25. The minimum atomic E-state index is -3.78. The molecule has 0 amide bonds. The van der Waals surface area contributed by atoms with Crippen molar-refractivity contribution in [1.29, 1.82) is 0 Å². The molecule has 0 saturated carbocycles. The van der Waals surface area contributed by atoms with Crippen LogP contribution in [0.15, 0.2) is 40.5 Å². The lowest BCUT2D eigenvalue weighted by Crippen LogP contribution is -2.39. The van der Waals surface area contributed by atoms with Crippen molar-refractivity contribution in [3.63, 3.8) is 0 Å². The summed E-state index contributed by atoms with van der Waals surface area (Å²) in [5, 5.41) is 0. The monoisotopic (exact) mass is 280 g/mol. The number of imidazole rings is 1. The van der Waals surface area contributed by atoms with Crippen LogP contribution >= 0.6 is 0 Å². The van der Waals surface area contributed by atoms with Crippen molar-refractivity contribution in [2.45, 2.75) is 18.0 Å². The molecule has 2 aromatic rings. The number of sulfonamides is 1. The number of H-pyrrole nitrogens is 1. The number of hydrogen-bond donors (Lipinski definition) is 1. The average molecular weight is 280 g/mol. The van der Waals surface area contributed by atoms with Gasteiger partial charge in [0.15, 0.2) is 0 Å². The molecule has 19 heavy (non-hydrogen) atoms. The highest BCUT2D eigenvalue weighted by molar-refractivity contribution is 7.89. The first-order valence-electron chi connectivity index (χ1n) is 5.76. The van der Waals surface area contributed by atoms with E-state index in [9.17, 15) is 13.2 Å². The molecule has 3 heterocycles. The number of aromatic nitrogens is 3. The van der Waals surface area contributed by atoms with Gasteiger partial charge in [-0.05, 0) is 0 Å². The van der Waals surface area contributed by atoms with E-state index in [-0.39, 0.29) is 11.4 Å². The predicted octanol–water partition coefficient (Wildman–Crippen LogP) is -0.224. The van der Waals surface area contributed by atoms with E-state index >= 15 is 0 Å². The molecule has 2 aromatic heterocycles. The molecule has 0 atom stereocenters. The molecule has 3 rings (SSSR count). The van der Waals surface area contributed by atoms with Crippen LogP contribution < -0.4 is 5.43 Å². The van der Waals surface area contributed by atoms with Crippen LogP contribution in [-0.4, -0.2) is 33.8 Å². The number of hydrogen-bond acceptors (Lipinski definition) is 4. The van der Waals surface area contributed by atoms with Gasteiger partial charge in [-0.15, -0.1) is 0 Å². The van der Waals surface area contributed by atoms with E-state index in [1.807, 2.05) is 10.8 Å². The fraction of sp³-hybridized carbons (Fsp3) is 0.273. The van der Waals surface area contributed by atoms with Crippen LogP contribution in [0.4, 0.5) is 0 Å². The molecular weight excluding hydrogens is 268 g/mol. The zero-order valence-electron chi connectivity index (χ0n) is 9.98. The van der Waals surface area contributed by atoms with Crippen LogP contribution in [0.25, 0.3) is 0 Å². The Hall–Kier alpha value is -1.93. The molecule has 0 unspecified atom stereocenters. The first-order valence-corrected chi connectivity index (χ1v) is 7.20. The van der Waals surface area contributed by atoms with Crippen molar-refractivity contribution in [1.82, 2.24) is 18.8 Å². The summed E-state index contributed by atoms with van der Waals surface area (Å²) < 4.78 is 28.0. The molecule has 1 aliphatic heterocycles. The first kappa shape index (κ1) is 12.1. The Bertz CT molecular complexity index is 762. The van der Waals surface area contributed by atoms with E-state index in [0.29, 0.717) is 18.9 Å². The van der Waals surface area contributed by atoms with Gasteiger partial charge in [0.1, 0.15) is 10.7 Å². The third-order valence-electron chi connectivity index (χ3n) is 3.12. The lowest BCUT2D eigenvalue weighted by atomic mass is 10.4. The lowest BCUT2D eigenvalue weighted by molar-refractivity contribution is 0.335. The van der Waals surface area contributed by atoms with E-state index in [1.165, 1.54) is 22.8 Å². The molecule has 0 aliphatic carbocycles. The molecule has 1 aliphatic rings. The van der Waals surface area contributed by atoms with Gasteiger partial charge in [-0.25, -0.2) is 13.4 Å². The summed E-state index contributed by atoms with van der Waals surface area (Å²) >= 11 is 0. The number of pyridine rings is 1. The Kier molecular flexibility index (Phi) is 2.76. The maximum absolute atomic E-state index is 12.4. The second kappa shape index (κ2) is 4.32. The fourth-order valence-electron chi connectivity index (χ4n) is 2.10. The summed E-state index contributed by atoms with van der Waals surface area (Å²) in [6.45, 7) is 1.06. The fourth-order valence-corrected chi connectivity index (χ4v) is 3.52. The summed E-state index contributed by atoms with van der Waals surface area (Å²) in [6, 6.07) is 1.21. The van der Waals surface area contributed by atoms with Gasteiger partial charge in [-0.3, -0.25) is 4.79 Å². The van der Waals surface area contributed by atoms with Gasteiger partial charge in [0, 0.05) is 43.9 Å². The van der Waals surface area contributed by atoms with Gasteiger partial charge >= 0.3 is 0 Å². The van der Waals surface area contributed by atoms with E-state index < -0.39 is 15.5 Å². The van der Waals surface area contributed by atoms with Gasteiger partial charge in [-0.2, -0.15) is 4.31 Å². The van der Waals surface area contributed by atoms with Gasteiger partial charge in [0.2, 0.25) is 15.5 Å². The largest absolute Gasteiger partial charge is 0.366 e. The molecule has 0 aromatic carbocycles. The van der Waals surface area contributed by atoms with Crippen molar-refractivity contribution in [2.75, 3.05) is 6.54 Å². The number of aromatic amines is 1. The highest BCUT2D eigenvalue weighted by Crippen LogP contribution is 2.18. The maximum Gasteiger partial charge on any atom is 0.248 e. The smallest absolute Gasteiger partial charge is 0.248 e. The molecule has 0 saturated heterocycles. The topological polar surface area (TPSA) is 88.1 Å². The Morgan fingerprint density at radius 2 is 2.16 bits per heavy atom. The van der Waals surface area contributed by atoms with Gasteiger partial charge in [0.25, 0.3) is 0 Å². The molecule has 0 fully saturated rings. The normalized spacial score (nSPS) is 16.2. The second-order valence-corrected chi connectivity index (χ2v) is 6.15. The molecular formula is C11H12N4O3S. The van der Waals surface area contributed by atoms with E-state index in [1.54, 1.807) is 6.20 Å². The Labute approximate surface area is 109 Å². The van der Waals surface area contributed by atoms with E-state index in [4.69, 9.17) is 0 Å². The molecule has 8 heteroatoms. The number of fused-ring (bicyclic) bond motifs is 1. The lowest BCUT2D eigenvalue weighted by Gasteiger charge is -2.26. The standard InChI is InChI=1S/C11H12N4O3S/c16-9-1-2-12-7-10(9)19(17,18)15-6-5-14-4-3-13-11(14)8-15/h1-4,7H,5-6,8H2,(H,12,16). The van der Waals surface area contributed by atoms with Gasteiger partial charge in [-0.1, -0.05) is 0 Å². The number of nitrogens with zero attached hydrogens (tertiary/aromatic N) is 3. The van der Waals surface area contributed by atoms with Crippen LogP contribution in [0.1, 0.15) is 5.82 Å². The molecule has 0 spiro atoms. The quantitative estimate of drug-likeness (QED) is 0.823. The van der Waals surface area contributed by atoms with Crippen LogP contribution in [0.3, 0.4) is 0 Å². The summed E-state index contributed by atoms with van der Waals surface area (Å²) in [4.78, 5) is 18.2. The third-order valence-corrected chi connectivity index (χ3v) is 4.98. The Balaban J connectivity index is 1.99. The SMILES string of the molecule is O=c1cc[nH]cc1S(=O)(=O)N1CCn2ccnc2C1. The maximum atomic E-state index is 12.4. The molecule has 0 bridgehead atoms. The van der Waals surface area contributed by atoms with Crippen LogP contribution in [0.2, 0.25) is 0 Å². The zero-order valence-corrected chi connectivity index (χ0v) is 10.8. The third kappa shape index (κ3) is 1.98. The Morgan fingerprint density at radius 3 is 2.95 bits per heavy atom. The molecule has 100 valence electrons. The minimum absolute atomic E-state index is 0.184. The van der Waals surface area contributed by atoms with Crippen molar-refractivity contribution < 1.29 is 8.42 Å². The number of rotatable bonds is 2. The summed E-state index contributed by atoms with van der Waals surface area (Å²) in [5.41, 5.74) is -0.507. The Morgan fingerprint density at radius 1 is 1.32 bits per heavy atom. The summed E-state index contributed by atoms with van der Waals surface area (Å²) in [6.07, 6.45) is 6.08. The van der Waals surface area contributed by atoms with Crippen molar-refractivity contribution in [2.24, 2.45) is 0 Å². The van der Waals surface area contributed by atoms with Crippen molar-refractivity contribution in [3.8, 4) is 0 Å². The van der Waals surface area contributed by atoms with Crippen molar-refractivity contribution >= 4 is 10.0 Å². The molecule has 0 radical (unpaired) electrons. The number of nitrogens with one attached hydrogen (secondary N) is 1. The van der Waals surface area contributed by atoms with Crippen LogP contribution in [-0.2, 0) is 23.1 Å². The van der Waals surface area contributed by atoms with Crippen LogP contribution in [0.5, 0.6) is 0 Å². The zero-order chi connectivity index (χ0) is 13.5.